The minimum absolute atomic E-state index is 0.0149. The number of phenols is 1. The number of halogens is 1. The van der Waals surface area contributed by atoms with Gasteiger partial charge in [0, 0.05) is 12.1 Å². The number of nitrogens with one attached hydrogen (secondary N) is 1. The molecule has 0 unspecified atom stereocenters. The number of non-ortho nitro benzene ring substituents is 1. The third-order valence-corrected chi connectivity index (χ3v) is 3.52. The number of hydrogen-bond acceptors (Lipinski definition) is 6. The molecule has 8 nitrogen and oxygen atoms in total. The van der Waals surface area contributed by atoms with Crippen molar-refractivity contribution in [1.29, 1.82) is 0 Å². The average molecular weight is 372 g/mol. The van der Waals surface area contributed by atoms with E-state index in [-0.39, 0.29) is 35.3 Å². The topological polar surface area (TPSA) is 115 Å². The molecular formula is C18H13FN2O6. The van der Waals surface area contributed by atoms with Crippen LogP contribution in [0, 0.1) is 15.9 Å². The largest absolute Gasteiger partial charge is 0.506 e. The van der Waals surface area contributed by atoms with Crippen molar-refractivity contribution in [3.05, 3.63) is 82.0 Å². The van der Waals surface area contributed by atoms with E-state index < -0.39 is 10.8 Å². The molecule has 0 radical (unpaired) electrons. The lowest BCUT2D eigenvalue weighted by atomic mass is 10.2. The Morgan fingerprint density at radius 1 is 1.19 bits per heavy atom. The molecule has 0 aliphatic carbocycles. The molecule has 9 heteroatoms. The number of nitro benzene ring substituents is 1. The number of aromatic hydroxyl groups is 1. The maximum absolute atomic E-state index is 12.8. The first-order valence-corrected chi connectivity index (χ1v) is 7.68. The van der Waals surface area contributed by atoms with Gasteiger partial charge in [0.2, 0.25) is 0 Å². The van der Waals surface area contributed by atoms with Gasteiger partial charge < -0.3 is 19.6 Å². The molecule has 0 aliphatic rings. The van der Waals surface area contributed by atoms with Crippen molar-refractivity contribution in [1.82, 2.24) is 0 Å². The van der Waals surface area contributed by atoms with Crippen molar-refractivity contribution in [2.75, 3.05) is 5.32 Å². The van der Waals surface area contributed by atoms with Crippen molar-refractivity contribution in [3.63, 3.8) is 0 Å². The van der Waals surface area contributed by atoms with Gasteiger partial charge in [-0.1, -0.05) is 0 Å². The van der Waals surface area contributed by atoms with Crippen molar-refractivity contribution in [2.45, 2.75) is 6.61 Å². The Morgan fingerprint density at radius 2 is 1.93 bits per heavy atom. The molecule has 2 aromatic carbocycles. The van der Waals surface area contributed by atoms with Gasteiger partial charge in [-0.2, -0.15) is 0 Å². The summed E-state index contributed by atoms with van der Waals surface area (Å²) in [6.45, 7) is 0.0149. The van der Waals surface area contributed by atoms with Gasteiger partial charge >= 0.3 is 0 Å². The van der Waals surface area contributed by atoms with E-state index in [1.54, 1.807) is 0 Å². The summed E-state index contributed by atoms with van der Waals surface area (Å²) < 4.78 is 23.6. The second-order valence-electron chi connectivity index (χ2n) is 5.42. The molecule has 0 saturated heterocycles. The van der Waals surface area contributed by atoms with Crippen LogP contribution in [0.25, 0.3) is 0 Å². The molecule has 0 atom stereocenters. The van der Waals surface area contributed by atoms with E-state index in [4.69, 9.17) is 9.15 Å². The second-order valence-corrected chi connectivity index (χ2v) is 5.42. The first-order chi connectivity index (χ1) is 12.9. The third-order valence-electron chi connectivity index (χ3n) is 3.52. The van der Waals surface area contributed by atoms with E-state index in [0.717, 1.165) is 18.2 Å². The zero-order chi connectivity index (χ0) is 19.4. The number of carbonyl (C=O) groups excluding carboxylic acids is 1. The van der Waals surface area contributed by atoms with E-state index in [1.807, 2.05) is 0 Å². The SMILES string of the molecule is O=C(Nc1cc([N+](=O)[O-])ccc1O)c1ccc(COc2ccc(F)cc2)o1. The van der Waals surface area contributed by atoms with Crippen molar-refractivity contribution in [2.24, 2.45) is 0 Å². The summed E-state index contributed by atoms with van der Waals surface area (Å²) >= 11 is 0. The molecule has 1 aromatic heterocycles. The van der Waals surface area contributed by atoms with E-state index >= 15 is 0 Å². The number of furan rings is 1. The Kier molecular flexibility index (Phi) is 5.02. The van der Waals surface area contributed by atoms with Gasteiger partial charge in [0.25, 0.3) is 11.6 Å². The molecule has 0 fully saturated rings. The van der Waals surface area contributed by atoms with Gasteiger partial charge in [-0.15, -0.1) is 0 Å². The lowest BCUT2D eigenvalue weighted by Crippen LogP contribution is -2.11. The molecule has 2 N–H and O–H groups in total. The number of hydrogen-bond donors (Lipinski definition) is 2. The predicted molar refractivity (Wildman–Crippen MR) is 92.2 cm³/mol. The zero-order valence-corrected chi connectivity index (χ0v) is 13.7. The molecule has 1 amide bonds. The molecule has 27 heavy (non-hydrogen) atoms. The smallest absolute Gasteiger partial charge is 0.291 e. The fourth-order valence-corrected chi connectivity index (χ4v) is 2.18. The highest BCUT2D eigenvalue weighted by molar-refractivity contribution is 6.03. The lowest BCUT2D eigenvalue weighted by Gasteiger charge is -2.06. The fraction of sp³-hybridized carbons (Fsp3) is 0.0556. The van der Waals surface area contributed by atoms with E-state index in [9.17, 15) is 24.4 Å². The maximum Gasteiger partial charge on any atom is 0.291 e. The highest BCUT2D eigenvalue weighted by Crippen LogP contribution is 2.28. The van der Waals surface area contributed by atoms with Crippen LogP contribution in [-0.4, -0.2) is 15.9 Å². The van der Waals surface area contributed by atoms with Crippen LogP contribution in [0.3, 0.4) is 0 Å². The third kappa shape index (κ3) is 4.40. The Labute approximate surface area is 152 Å². The summed E-state index contributed by atoms with van der Waals surface area (Å²) in [4.78, 5) is 22.3. The van der Waals surface area contributed by atoms with Crippen LogP contribution in [-0.2, 0) is 6.61 Å². The number of carbonyl (C=O) groups is 1. The van der Waals surface area contributed by atoms with Gasteiger partial charge in [-0.25, -0.2) is 4.39 Å². The number of benzene rings is 2. The van der Waals surface area contributed by atoms with Crippen LogP contribution in [0.4, 0.5) is 15.8 Å². The van der Waals surface area contributed by atoms with Gasteiger partial charge in [0.05, 0.1) is 10.6 Å². The molecule has 0 aliphatic heterocycles. The van der Waals surface area contributed by atoms with Gasteiger partial charge in [0.1, 0.15) is 29.7 Å². The van der Waals surface area contributed by atoms with Crippen LogP contribution in [0.15, 0.2) is 59.0 Å². The molecule has 3 aromatic rings. The standard InChI is InChI=1S/C18H13FN2O6/c19-11-1-4-13(5-2-11)26-10-14-6-8-17(27-14)18(23)20-15-9-12(21(24)25)3-7-16(15)22/h1-9,22H,10H2,(H,20,23). The lowest BCUT2D eigenvalue weighted by molar-refractivity contribution is -0.384. The molecule has 0 saturated carbocycles. The fourth-order valence-electron chi connectivity index (χ4n) is 2.18. The minimum Gasteiger partial charge on any atom is -0.506 e. The quantitative estimate of drug-likeness (QED) is 0.386. The molecule has 138 valence electrons. The van der Waals surface area contributed by atoms with Crippen LogP contribution in [0.5, 0.6) is 11.5 Å². The van der Waals surface area contributed by atoms with E-state index in [2.05, 4.69) is 5.32 Å². The molecule has 0 spiro atoms. The van der Waals surface area contributed by atoms with E-state index in [1.165, 1.54) is 36.4 Å². The molecule has 3 rings (SSSR count). The first kappa shape index (κ1) is 17.9. The predicted octanol–water partition coefficient (Wildman–Crippen LogP) is 3.86. The highest BCUT2D eigenvalue weighted by Gasteiger charge is 2.16. The number of rotatable bonds is 6. The van der Waals surface area contributed by atoms with Crippen molar-refractivity contribution < 1.29 is 28.4 Å². The monoisotopic (exact) mass is 372 g/mol. The first-order valence-electron chi connectivity index (χ1n) is 7.68. The van der Waals surface area contributed by atoms with Crippen molar-refractivity contribution >= 4 is 17.3 Å². The Morgan fingerprint density at radius 3 is 2.63 bits per heavy atom. The Hall–Kier alpha value is -3.88. The van der Waals surface area contributed by atoms with Crippen molar-refractivity contribution in [3.8, 4) is 11.5 Å². The summed E-state index contributed by atoms with van der Waals surface area (Å²) in [5.74, 6) is -0.699. The number of phenolic OH excluding ortho intramolecular Hbond substituents is 1. The summed E-state index contributed by atoms with van der Waals surface area (Å²) in [5, 5.41) is 22.9. The van der Waals surface area contributed by atoms with Crippen LogP contribution in [0.1, 0.15) is 16.3 Å². The number of amides is 1. The number of ether oxygens (including phenoxy) is 1. The van der Waals surface area contributed by atoms with Gasteiger partial charge in [0.15, 0.2) is 5.76 Å². The highest BCUT2D eigenvalue weighted by atomic mass is 19.1. The minimum atomic E-state index is -0.696. The summed E-state index contributed by atoms with van der Waals surface area (Å²) in [6, 6.07) is 11.6. The van der Waals surface area contributed by atoms with Gasteiger partial charge in [-0.05, 0) is 42.5 Å². The second kappa shape index (κ2) is 7.56. The van der Waals surface area contributed by atoms with Crippen LogP contribution < -0.4 is 10.1 Å². The Bertz CT molecular complexity index is 984. The summed E-state index contributed by atoms with van der Waals surface area (Å²) in [5.41, 5.74) is -0.398. The number of nitrogens with zero attached hydrogens (tertiary/aromatic N) is 1. The molecular weight excluding hydrogens is 359 g/mol. The maximum atomic E-state index is 12.8. The summed E-state index contributed by atoms with van der Waals surface area (Å²) in [6.07, 6.45) is 0. The number of nitro groups is 1. The Balaban J connectivity index is 1.65. The molecule has 1 heterocycles. The van der Waals surface area contributed by atoms with Crippen LogP contribution in [0.2, 0.25) is 0 Å². The zero-order valence-electron chi connectivity index (χ0n) is 13.7. The summed E-state index contributed by atoms with van der Waals surface area (Å²) in [7, 11) is 0. The van der Waals surface area contributed by atoms with Gasteiger partial charge in [-0.3, -0.25) is 14.9 Å². The number of anilines is 1. The van der Waals surface area contributed by atoms with E-state index in [0.29, 0.717) is 11.5 Å². The molecule has 0 bridgehead atoms. The average Bonchev–Trinajstić information content (AvgIpc) is 3.12. The normalized spacial score (nSPS) is 10.4. The van der Waals surface area contributed by atoms with Crippen LogP contribution >= 0.6 is 0 Å².